The van der Waals surface area contributed by atoms with Crippen molar-refractivity contribution in [2.75, 3.05) is 0 Å². The third-order valence-electron chi connectivity index (χ3n) is 2.68. The van der Waals surface area contributed by atoms with Gasteiger partial charge in [-0.25, -0.2) is 0 Å². The van der Waals surface area contributed by atoms with Crippen molar-refractivity contribution in [2.45, 2.75) is 26.9 Å². The van der Waals surface area contributed by atoms with E-state index in [0.717, 1.165) is 5.57 Å². The van der Waals surface area contributed by atoms with Gasteiger partial charge in [-0.15, -0.1) is 0 Å². The van der Waals surface area contributed by atoms with Gasteiger partial charge >= 0.3 is 0 Å². The summed E-state index contributed by atoms with van der Waals surface area (Å²) in [7, 11) is 2.26. The molecule has 0 saturated heterocycles. The zero-order valence-electron chi connectivity index (χ0n) is 7.70. The number of ketones is 1. The molecule has 4 unspecified atom stereocenters. The molecular weight excluding hydrogens is 171 g/mol. The van der Waals surface area contributed by atoms with Gasteiger partial charge in [0.25, 0.3) is 0 Å². The summed E-state index contributed by atoms with van der Waals surface area (Å²) in [6.45, 7) is 5.85. The second-order valence-electron chi connectivity index (χ2n) is 3.46. The Labute approximate surface area is 75.7 Å². The number of carbonyl (C=O) groups excluding carboxylic acids is 1. The number of rotatable bonds is 1. The van der Waals surface area contributed by atoms with E-state index in [-0.39, 0.29) is 23.7 Å². The highest BCUT2D eigenvalue weighted by Crippen LogP contribution is 2.29. The van der Waals surface area contributed by atoms with Gasteiger partial charge < -0.3 is 4.52 Å². The molecule has 0 bridgehead atoms. The van der Waals surface area contributed by atoms with Crippen LogP contribution in [0.15, 0.2) is 11.6 Å². The smallest absolute Gasteiger partial charge is 0.161 e. The molecule has 0 aliphatic heterocycles. The lowest BCUT2D eigenvalue weighted by atomic mass is 9.80. The first-order valence-corrected chi connectivity index (χ1v) is 4.63. The highest BCUT2D eigenvalue weighted by atomic mass is 31.0. The minimum absolute atomic E-state index is 0.0719. The Hall–Kier alpha value is -0.200. The summed E-state index contributed by atoms with van der Waals surface area (Å²) in [5, 5.41) is 0. The lowest BCUT2D eigenvalue weighted by Crippen LogP contribution is -2.33. The summed E-state index contributed by atoms with van der Waals surface area (Å²) in [6, 6.07) is 0. The van der Waals surface area contributed by atoms with Crippen molar-refractivity contribution in [3.8, 4) is 0 Å². The summed E-state index contributed by atoms with van der Waals surface area (Å²) >= 11 is 0. The van der Waals surface area contributed by atoms with E-state index in [4.69, 9.17) is 4.52 Å². The second-order valence-corrected chi connectivity index (χ2v) is 3.73. The van der Waals surface area contributed by atoms with E-state index in [9.17, 15) is 4.79 Å². The summed E-state index contributed by atoms with van der Waals surface area (Å²) in [6.07, 6.45) is 1.97. The molecule has 0 spiro atoms. The van der Waals surface area contributed by atoms with Crippen LogP contribution in [-0.4, -0.2) is 11.9 Å². The molecule has 0 N–H and O–H groups in total. The molecule has 0 aromatic heterocycles. The van der Waals surface area contributed by atoms with Crippen molar-refractivity contribution in [2.24, 2.45) is 11.8 Å². The van der Waals surface area contributed by atoms with Gasteiger partial charge in [-0.2, -0.15) is 0 Å². The van der Waals surface area contributed by atoms with Crippen LogP contribution in [-0.2, 0) is 9.32 Å². The summed E-state index contributed by atoms with van der Waals surface area (Å²) in [5.74, 6) is 0.611. The average Bonchev–Trinajstić information content (AvgIpc) is 2.08. The number of hydrogen-bond acceptors (Lipinski definition) is 2. The number of Topliss-reactive ketones (excluding diaryl/α,β-unsaturated/α-hetero) is 1. The standard InChI is InChI=1S/C9H15O2P/c1-5-4-8(11-12)6(2)7(3)9(5)10/h4,6-8H,12H2,1-3H3. The van der Waals surface area contributed by atoms with Gasteiger partial charge in [-0.05, 0) is 24.5 Å². The maximum atomic E-state index is 11.5. The van der Waals surface area contributed by atoms with E-state index < -0.39 is 0 Å². The lowest BCUT2D eigenvalue weighted by molar-refractivity contribution is -0.121. The molecule has 1 rings (SSSR count). The molecule has 2 nitrogen and oxygen atoms in total. The van der Waals surface area contributed by atoms with Crippen LogP contribution in [0.3, 0.4) is 0 Å². The summed E-state index contributed by atoms with van der Waals surface area (Å²) in [5.41, 5.74) is 0.827. The van der Waals surface area contributed by atoms with Crippen LogP contribution in [0.4, 0.5) is 0 Å². The summed E-state index contributed by atoms with van der Waals surface area (Å²) < 4.78 is 5.18. The van der Waals surface area contributed by atoms with Crippen LogP contribution in [0.1, 0.15) is 20.8 Å². The van der Waals surface area contributed by atoms with E-state index in [1.54, 1.807) is 0 Å². The zero-order chi connectivity index (χ0) is 9.30. The maximum absolute atomic E-state index is 11.5. The Kier molecular flexibility index (Phi) is 3.03. The van der Waals surface area contributed by atoms with Gasteiger partial charge in [0.05, 0.1) is 6.10 Å². The molecule has 68 valence electrons. The fraction of sp³-hybridized carbons (Fsp3) is 0.667. The minimum Gasteiger partial charge on any atom is -0.358 e. The van der Waals surface area contributed by atoms with E-state index in [1.807, 2.05) is 26.8 Å². The first-order chi connectivity index (χ1) is 5.57. The molecule has 1 aliphatic carbocycles. The number of carbonyl (C=O) groups is 1. The van der Waals surface area contributed by atoms with Crippen LogP contribution < -0.4 is 0 Å². The average molecular weight is 186 g/mol. The zero-order valence-corrected chi connectivity index (χ0v) is 8.86. The molecule has 1 aliphatic rings. The summed E-state index contributed by atoms with van der Waals surface area (Å²) in [4.78, 5) is 11.5. The highest BCUT2D eigenvalue weighted by Gasteiger charge is 2.31. The SMILES string of the molecule is CC1=CC(OP)C(C)C(C)C1=O. The Morgan fingerprint density at radius 3 is 2.58 bits per heavy atom. The monoisotopic (exact) mass is 186 g/mol. The van der Waals surface area contributed by atoms with Crippen LogP contribution >= 0.6 is 9.47 Å². The third-order valence-corrected chi connectivity index (χ3v) is 2.99. The quantitative estimate of drug-likeness (QED) is 0.585. The van der Waals surface area contributed by atoms with Gasteiger partial charge in [0, 0.05) is 15.4 Å². The van der Waals surface area contributed by atoms with Crippen LogP contribution in [0.25, 0.3) is 0 Å². The Morgan fingerprint density at radius 2 is 2.08 bits per heavy atom. The van der Waals surface area contributed by atoms with E-state index in [2.05, 4.69) is 9.47 Å². The molecule has 0 saturated carbocycles. The molecule has 0 amide bonds. The number of hydrogen-bond donors (Lipinski definition) is 0. The third kappa shape index (κ3) is 1.60. The fourth-order valence-corrected chi connectivity index (χ4v) is 1.85. The number of allylic oxidation sites excluding steroid dienone is 1. The molecule has 0 radical (unpaired) electrons. The largest absolute Gasteiger partial charge is 0.358 e. The molecule has 0 heterocycles. The molecule has 0 aromatic carbocycles. The van der Waals surface area contributed by atoms with E-state index >= 15 is 0 Å². The van der Waals surface area contributed by atoms with Crippen LogP contribution in [0.2, 0.25) is 0 Å². The molecule has 12 heavy (non-hydrogen) atoms. The van der Waals surface area contributed by atoms with Gasteiger partial charge in [0.1, 0.15) is 0 Å². The fourth-order valence-electron chi connectivity index (χ4n) is 1.53. The predicted octanol–water partition coefficient (Wildman–Crippen LogP) is 1.96. The van der Waals surface area contributed by atoms with Crippen LogP contribution in [0.5, 0.6) is 0 Å². The van der Waals surface area contributed by atoms with Crippen molar-refractivity contribution >= 4 is 15.2 Å². The predicted molar refractivity (Wildman–Crippen MR) is 51.7 cm³/mol. The van der Waals surface area contributed by atoms with Gasteiger partial charge in [0.15, 0.2) is 5.78 Å². The van der Waals surface area contributed by atoms with Crippen molar-refractivity contribution in [1.29, 1.82) is 0 Å². The van der Waals surface area contributed by atoms with Crippen molar-refractivity contribution in [3.63, 3.8) is 0 Å². The van der Waals surface area contributed by atoms with Gasteiger partial charge in [0.2, 0.25) is 0 Å². The topological polar surface area (TPSA) is 26.3 Å². The van der Waals surface area contributed by atoms with E-state index in [0.29, 0.717) is 0 Å². The lowest BCUT2D eigenvalue weighted by Gasteiger charge is -2.29. The highest BCUT2D eigenvalue weighted by molar-refractivity contribution is 7.09. The van der Waals surface area contributed by atoms with Gasteiger partial charge in [-0.1, -0.05) is 13.8 Å². The second kappa shape index (κ2) is 3.68. The molecule has 4 atom stereocenters. The minimum atomic E-state index is 0.0719. The van der Waals surface area contributed by atoms with Gasteiger partial charge in [-0.3, -0.25) is 4.79 Å². The van der Waals surface area contributed by atoms with Crippen molar-refractivity contribution < 1.29 is 9.32 Å². The van der Waals surface area contributed by atoms with E-state index in [1.165, 1.54) is 0 Å². The van der Waals surface area contributed by atoms with Crippen molar-refractivity contribution in [1.82, 2.24) is 0 Å². The Balaban J connectivity index is 2.90. The molecule has 3 heteroatoms. The Bertz CT molecular complexity index is 223. The first-order valence-electron chi connectivity index (χ1n) is 4.16. The Morgan fingerprint density at radius 1 is 1.50 bits per heavy atom. The first kappa shape index (κ1) is 9.88. The molecule has 0 aromatic rings. The van der Waals surface area contributed by atoms with Crippen molar-refractivity contribution in [3.05, 3.63) is 11.6 Å². The maximum Gasteiger partial charge on any atom is 0.161 e. The van der Waals surface area contributed by atoms with Crippen LogP contribution in [0, 0.1) is 11.8 Å². The molecular formula is C9H15O2P. The normalized spacial score (nSPS) is 36.5. The molecule has 0 fully saturated rings.